The Balaban J connectivity index is 1.60. The number of carbonyl (C=O) groups is 1. The Morgan fingerprint density at radius 3 is 2.54 bits per heavy atom. The van der Waals surface area contributed by atoms with Crippen molar-refractivity contribution in [3.8, 4) is 5.75 Å². The fourth-order valence-corrected chi connectivity index (χ4v) is 5.00. The zero-order valence-electron chi connectivity index (χ0n) is 15.1. The third kappa shape index (κ3) is 4.02. The van der Waals surface area contributed by atoms with E-state index in [4.69, 9.17) is 4.74 Å². The molecule has 1 heterocycles. The van der Waals surface area contributed by atoms with Crippen LogP contribution in [0.1, 0.15) is 19.3 Å². The lowest BCUT2D eigenvalue weighted by atomic mass is 10.2. The van der Waals surface area contributed by atoms with Crippen LogP contribution in [0.5, 0.6) is 5.75 Å². The monoisotopic (exact) mass is 404 g/mol. The molecular formula is C20H21FN2O4S. The number of sulfonamides is 1. The number of carbonyl (C=O) groups excluding carboxylic acids is 1. The van der Waals surface area contributed by atoms with E-state index in [-0.39, 0.29) is 29.8 Å². The van der Waals surface area contributed by atoms with Crippen LogP contribution in [0.4, 0.5) is 4.39 Å². The third-order valence-corrected chi connectivity index (χ3v) is 6.76. The largest absolute Gasteiger partial charge is 0.489 e. The Hall–Kier alpha value is -2.45. The smallest absolute Gasteiger partial charge is 0.244 e. The van der Waals surface area contributed by atoms with Crippen molar-refractivity contribution in [1.29, 1.82) is 0 Å². The van der Waals surface area contributed by atoms with Crippen LogP contribution in [-0.4, -0.2) is 43.4 Å². The van der Waals surface area contributed by atoms with Gasteiger partial charge in [0.25, 0.3) is 0 Å². The number of ether oxygens (including phenoxy) is 1. The fourth-order valence-electron chi connectivity index (χ4n) is 3.34. The molecule has 1 N–H and O–H groups in total. The summed E-state index contributed by atoms with van der Waals surface area (Å²) in [6.45, 7) is 0.0243. The molecule has 2 atom stereocenters. The summed E-state index contributed by atoms with van der Waals surface area (Å²) in [7, 11) is -4.04. The van der Waals surface area contributed by atoms with Gasteiger partial charge in [0, 0.05) is 12.5 Å². The lowest BCUT2D eigenvalue weighted by Crippen LogP contribution is -2.46. The lowest BCUT2D eigenvalue weighted by Gasteiger charge is -2.23. The van der Waals surface area contributed by atoms with Crippen molar-refractivity contribution in [3.63, 3.8) is 0 Å². The van der Waals surface area contributed by atoms with Crippen molar-refractivity contribution in [2.45, 2.75) is 42.3 Å². The molecule has 1 saturated carbocycles. The van der Waals surface area contributed by atoms with Gasteiger partial charge in [-0.25, -0.2) is 12.8 Å². The Morgan fingerprint density at radius 2 is 1.86 bits per heavy atom. The summed E-state index contributed by atoms with van der Waals surface area (Å²) in [6.07, 6.45) is 1.57. The number of hydrogen-bond donors (Lipinski definition) is 1. The summed E-state index contributed by atoms with van der Waals surface area (Å²) in [5, 5.41) is 2.87. The Kier molecular flexibility index (Phi) is 5.07. The molecule has 4 rings (SSSR count). The maximum absolute atomic E-state index is 13.6. The van der Waals surface area contributed by atoms with Gasteiger partial charge >= 0.3 is 0 Å². The van der Waals surface area contributed by atoms with Crippen LogP contribution >= 0.6 is 0 Å². The molecule has 1 amide bonds. The summed E-state index contributed by atoms with van der Waals surface area (Å²) < 4.78 is 46.9. The number of nitrogens with zero attached hydrogens (tertiary/aromatic N) is 1. The highest BCUT2D eigenvalue weighted by Crippen LogP contribution is 2.30. The van der Waals surface area contributed by atoms with Crippen molar-refractivity contribution < 1.29 is 22.3 Å². The van der Waals surface area contributed by atoms with E-state index in [0.717, 1.165) is 23.2 Å². The molecule has 2 aromatic carbocycles. The van der Waals surface area contributed by atoms with E-state index < -0.39 is 28.0 Å². The average molecular weight is 404 g/mol. The van der Waals surface area contributed by atoms with Gasteiger partial charge in [-0.3, -0.25) is 4.79 Å². The van der Waals surface area contributed by atoms with Gasteiger partial charge in [0.2, 0.25) is 15.9 Å². The molecule has 28 heavy (non-hydrogen) atoms. The molecule has 0 unspecified atom stereocenters. The van der Waals surface area contributed by atoms with Crippen molar-refractivity contribution >= 4 is 15.9 Å². The first-order valence-corrected chi connectivity index (χ1v) is 10.7. The van der Waals surface area contributed by atoms with Crippen LogP contribution in [0.15, 0.2) is 59.5 Å². The van der Waals surface area contributed by atoms with Crippen molar-refractivity contribution in [2.75, 3.05) is 6.54 Å². The highest BCUT2D eigenvalue weighted by Gasteiger charge is 2.46. The molecule has 2 aliphatic rings. The van der Waals surface area contributed by atoms with Gasteiger partial charge in [-0.2, -0.15) is 4.31 Å². The first kappa shape index (κ1) is 18.9. The number of nitrogens with one attached hydrogen (secondary N) is 1. The van der Waals surface area contributed by atoms with Crippen LogP contribution in [0, 0.1) is 5.82 Å². The lowest BCUT2D eigenvalue weighted by molar-refractivity contribution is -0.124. The van der Waals surface area contributed by atoms with Gasteiger partial charge in [0.15, 0.2) is 0 Å². The van der Waals surface area contributed by atoms with Gasteiger partial charge in [-0.15, -0.1) is 0 Å². The van der Waals surface area contributed by atoms with E-state index in [1.807, 2.05) is 18.2 Å². The van der Waals surface area contributed by atoms with Gasteiger partial charge < -0.3 is 10.1 Å². The number of rotatable bonds is 6. The SMILES string of the molecule is O=C(NC1CC1)[C@@H]1C[C@H](Oc2ccccc2)CN1S(=O)(=O)c1cccc(F)c1. The third-order valence-electron chi connectivity index (χ3n) is 4.89. The molecule has 148 valence electrons. The molecule has 1 aliphatic carbocycles. The highest BCUT2D eigenvalue weighted by molar-refractivity contribution is 7.89. The van der Waals surface area contributed by atoms with Crippen LogP contribution in [0.3, 0.4) is 0 Å². The van der Waals surface area contributed by atoms with Crippen LogP contribution in [-0.2, 0) is 14.8 Å². The number of halogens is 1. The van der Waals surface area contributed by atoms with Gasteiger partial charge in [0.1, 0.15) is 23.7 Å². The second-order valence-corrected chi connectivity index (χ2v) is 9.01. The molecular weight excluding hydrogens is 383 g/mol. The number of para-hydroxylation sites is 1. The number of benzene rings is 2. The number of amides is 1. The van der Waals surface area contributed by atoms with Crippen molar-refractivity contribution in [1.82, 2.24) is 9.62 Å². The van der Waals surface area contributed by atoms with E-state index in [2.05, 4.69) is 5.32 Å². The molecule has 0 bridgehead atoms. The summed E-state index contributed by atoms with van der Waals surface area (Å²) >= 11 is 0. The summed E-state index contributed by atoms with van der Waals surface area (Å²) in [5.41, 5.74) is 0. The molecule has 0 radical (unpaired) electrons. The van der Waals surface area contributed by atoms with E-state index in [1.54, 1.807) is 12.1 Å². The predicted octanol–water partition coefficient (Wildman–Crippen LogP) is 2.31. The first-order chi connectivity index (χ1) is 13.4. The second-order valence-electron chi connectivity index (χ2n) is 7.12. The van der Waals surface area contributed by atoms with E-state index >= 15 is 0 Å². The zero-order chi connectivity index (χ0) is 19.7. The normalized spacial score (nSPS) is 22.8. The topological polar surface area (TPSA) is 75.7 Å². The van der Waals surface area contributed by atoms with E-state index in [0.29, 0.717) is 5.75 Å². The van der Waals surface area contributed by atoms with Crippen molar-refractivity contribution in [3.05, 3.63) is 60.4 Å². The van der Waals surface area contributed by atoms with Gasteiger partial charge in [-0.1, -0.05) is 24.3 Å². The molecule has 1 aliphatic heterocycles. The molecule has 2 aromatic rings. The quantitative estimate of drug-likeness (QED) is 0.802. The van der Waals surface area contributed by atoms with Gasteiger partial charge in [0.05, 0.1) is 11.4 Å². The standard InChI is InChI=1S/C20H21FN2O4S/c21-14-5-4-8-18(11-14)28(25,26)23-13-17(27-16-6-2-1-3-7-16)12-19(23)20(24)22-15-9-10-15/h1-8,11,15,17,19H,9-10,12-13H2,(H,22,24)/t17-,19-/m0/s1. The molecule has 1 saturated heterocycles. The minimum absolute atomic E-state index is 0.0243. The zero-order valence-corrected chi connectivity index (χ0v) is 15.9. The maximum atomic E-state index is 13.6. The summed E-state index contributed by atoms with van der Waals surface area (Å²) in [5.74, 6) is -0.364. The molecule has 6 nitrogen and oxygen atoms in total. The molecule has 0 aromatic heterocycles. The summed E-state index contributed by atoms with van der Waals surface area (Å²) in [4.78, 5) is 12.5. The average Bonchev–Trinajstić information content (AvgIpc) is 3.38. The van der Waals surface area contributed by atoms with E-state index in [9.17, 15) is 17.6 Å². The second kappa shape index (κ2) is 7.52. The van der Waals surface area contributed by atoms with Gasteiger partial charge in [-0.05, 0) is 43.2 Å². The fraction of sp³-hybridized carbons (Fsp3) is 0.350. The van der Waals surface area contributed by atoms with Crippen molar-refractivity contribution in [2.24, 2.45) is 0 Å². The van der Waals surface area contributed by atoms with Crippen LogP contribution in [0.25, 0.3) is 0 Å². The molecule has 0 spiro atoms. The Morgan fingerprint density at radius 1 is 1.11 bits per heavy atom. The number of hydrogen-bond acceptors (Lipinski definition) is 4. The molecule has 8 heteroatoms. The maximum Gasteiger partial charge on any atom is 0.244 e. The Bertz CT molecular complexity index is 963. The minimum Gasteiger partial charge on any atom is -0.489 e. The predicted molar refractivity (Wildman–Crippen MR) is 101 cm³/mol. The van der Waals surface area contributed by atoms with Crippen LogP contribution in [0.2, 0.25) is 0 Å². The Labute approximate surface area is 163 Å². The molecule has 2 fully saturated rings. The van der Waals surface area contributed by atoms with E-state index in [1.165, 1.54) is 18.2 Å². The van der Waals surface area contributed by atoms with Crippen LogP contribution < -0.4 is 10.1 Å². The first-order valence-electron chi connectivity index (χ1n) is 9.23. The minimum atomic E-state index is -4.04. The highest BCUT2D eigenvalue weighted by atomic mass is 32.2. The summed E-state index contributed by atoms with van der Waals surface area (Å²) in [6, 6.07) is 13.1.